The van der Waals surface area contributed by atoms with Crippen LogP contribution in [0.3, 0.4) is 0 Å². The lowest BCUT2D eigenvalue weighted by Crippen LogP contribution is -2.38. The number of nitrogens with zero attached hydrogens (tertiary/aromatic N) is 2. The molecule has 178 valence electrons. The first-order valence-electron chi connectivity index (χ1n) is 11.7. The minimum absolute atomic E-state index is 0.0236. The van der Waals surface area contributed by atoms with Gasteiger partial charge in [-0.1, -0.05) is 37.5 Å². The fourth-order valence-electron chi connectivity index (χ4n) is 4.57. The molecule has 1 saturated heterocycles. The molecule has 4 rings (SSSR count). The lowest BCUT2D eigenvalue weighted by atomic mass is 9.96. The summed E-state index contributed by atoms with van der Waals surface area (Å²) < 4.78 is 33.2. The minimum atomic E-state index is -3.65. The summed E-state index contributed by atoms with van der Waals surface area (Å²) in [5.41, 5.74) is 2.13. The molecule has 0 aromatic heterocycles. The van der Waals surface area contributed by atoms with Gasteiger partial charge in [-0.3, -0.25) is 9.69 Å². The van der Waals surface area contributed by atoms with Gasteiger partial charge in [0.25, 0.3) is 5.91 Å². The van der Waals surface area contributed by atoms with Crippen molar-refractivity contribution < 1.29 is 17.9 Å². The first-order chi connectivity index (χ1) is 15.9. The summed E-state index contributed by atoms with van der Waals surface area (Å²) in [6.07, 6.45) is 5.04. The first-order valence-corrected chi connectivity index (χ1v) is 13.2. The number of anilines is 1. The molecule has 1 N–H and O–H groups in total. The largest absolute Gasteiger partial charge is 0.379 e. The van der Waals surface area contributed by atoms with Crippen molar-refractivity contribution in [1.82, 2.24) is 9.21 Å². The van der Waals surface area contributed by atoms with Gasteiger partial charge in [-0.2, -0.15) is 4.31 Å². The average Bonchev–Trinajstić information content (AvgIpc) is 2.85. The Labute approximate surface area is 196 Å². The van der Waals surface area contributed by atoms with Crippen LogP contribution in [-0.2, 0) is 21.3 Å². The molecule has 2 aromatic rings. The quantitative estimate of drug-likeness (QED) is 0.666. The lowest BCUT2D eigenvalue weighted by Gasteiger charge is -2.30. The second-order valence-electron chi connectivity index (χ2n) is 8.88. The standard InChI is InChI=1S/C25H33N3O4S/c1-27(23-10-3-2-4-11-23)33(30,31)24-12-6-8-21(18-24)25(29)26-22-9-5-7-20(17-22)19-28-13-15-32-16-14-28/h5-9,12,17-18,23H,2-4,10-11,13-16,19H2,1H3,(H,26,29). The Hall–Kier alpha value is -2.26. The fraction of sp³-hybridized carbons (Fsp3) is 0.480. The van der Waals surface area contributed by atoms with Crippen molar-refractivity contribution in [3.05, 3.63) is 59.7 Å². The Balaban J connectivity index is 1.45. The summed E-state index contributed by atoms with van der Waals surface area (Å²) in [5.74, 6) is -0.323. The zero-order chi connectivity index (χ0) is 23.3. The average molecular weight is 472 g/mol. The Morgan fingerprint density at radius 1 is 1.06 bits per heavy atom. The molecule has 0 unspecified atom stereocenters. The number of hydrogen-bond acceptors (Lipinski definition) is 5. The molecular formula is C25H33N3O4S. The van der Waals surface area contributed by atoms with Crippen molar-refractivity contribution in [3.63, 3.8) is 0 Å². The van der Waals surface area contributed by atoms with E-state index in [1.54, 1.807) is 25.2 Å². The normalized spacial score (nSPS) is 18.4. The number of carbonyl (C=O) groups excluding carboxylic acids is 1. The van der Waals surface area contributed by atoms with E-state index in [-0.39, 0.29) is 16.8 Å². The number of rotatable bonds is 7. The van der Waals surface area contributed by atoms with Gasteiger partial charge in [-0.15, -0.1) is 0 Å². The second kappa shape index (κ2) is 10.8. The van der Waals surface area contributed by atoms with E-state index in [0.717, 1.165) is 70.5 Å². The molecule has 1 heterocycles. The van der Waals surface area contributed by atoms with Crippen molar-refractivity contribution in [2.24, 2.45) is 0 Å². The predicted octanol–water partition coefficient (Wildman–Crippen LogP) is 3.72. The highest BCUT2D eigenvalue weighted by atomic mass is 32.2. The zero-order valence-corrected chi connectivity index (χ0v) is 20.0. The van der Waals surface area contributed by atoms with Gasteiger partial charge in [0, 0.05) is 44.0 Å². The number of hydrogen-bond donors (Lipinski definition) is 1. The molecule has 2 aliphatic rings. The molecule has 33 heavy (non-hydrogen) atoms. The topological polar surface area (TPSA) is 79.0 Å². The van der Waals surface area contributed by atoms with Crippen LogP contribution >= 0.6 is 0 Å². The molecule has 1 saturated carbocycles. The fourth-order valence-corrected chi connectivity index (χ4v) is 6.04. The molecular weight excluding hydrogens is 438 g/mol. The number of sulfonamides is 1. The molecule has 2 fully saturated rings. The van der Waals surface area contributed by atoms with Crippen LogP contribution in [0.1, 0.15) is 48.0 Å². The second-order valence-corrected chi connectivity index (χ2v) is 10.9. The Morgan fingerprint density at radius 3 is 2.55 bits per heavy atom. The van der Waals surface area contributed by atoms with E-state index in [0.29, 0.717) is 11.3 Å². The molecule has 0 radical (unpaired) electrons. The summed E-state index contributed by atoms with van der Waals surface area (Å²) in [6.45, 7) is 4.08. The molecule has 1 aliphatic carbocycles. The Morgan fingerprint density at radius 2 is 1.79 bits per heavy atom. The van der Waals surface area contributed by atoms with Gasteiger partial charge in [0.2, 0.25) is 10.0 Å². The van der Waals surface area contributed by atoms with Crippen molar-refractivity contribution in [3.8, 4) is 0 Å². The molecule has 1 aliphatic heterocycles. The molecule has 0 bridgehead atoms. The monoisotopic (exact) mass is 471 g/mol. The third-order valence-electron chi connectivity index (χ3n) is 6.56. The maximum absolute atomic E-state index is 13.2. The maximum Gasteiger partial charge on any atom is 0.255 e. The van der Waals surface area contributed by atoms with Crippen LogP contribution in [0.25, 0.3) is 0 Å². The Kier molecular flexibility index (Phi) is 7.80. The van der Waals surface area contributed by atoms with Crippen LogP contribution < -0.4 is 5.32 Å². The molecule has 2 aromatic carbocycles. The summed E-state index contributed by atoms with van der Waals surface area (Å²) in [5, 5.41) is 2.92. The summed E-state index contributed by atoms with van der Waals surface area (Å²) >= 11 is 0. The van der Waals surface area contributed by atoms with Crippen LogP contribution in [-0.4, -0.2) is 62.9 Å². The van der Waals surface area contributed by atoms with Crippen LogP contribution in [0.15, 0.2) is 53.4 Å². The van der Waals surface area contributed by atoms with Crippen molar-refractivity contribution in [2.45, 2.75) is 49.6 Å². The van der Waals surface area contributed by atoms with E-state index in [1.807, 2.05) is 24.3 Å². The highest BCUT2D eigenvalue weighted by Gasteiger charge is 2.29. The summed E-state index contributed by atoms with van der Waals surface area (Å²) in [6, 6.07) is 14.1. The van der Waals surface area contributed by atoms with E-state index in [4.69, 9.17) is 4.74 Å². The van der Waals surface area contributed by atoms with Gasteiger partial charge in [0.1, 0.15) is 0 Å². The van der Waals surface area contributed by atoms with E-state index >= 15 is 0 Å². The van der Waals surface area contributed by atoms with Crippen molar-refractivity contribution in [2.75, 3.05) is 38.7 Å². The summed E-state index contributed by atoms with van der Waals surface area (Å²) in [7, 11) is -2.00. The highest BCUT2D eigenvalue weighted by Crippen LogP contribution is 2.27. The summed E-state index contributed by atoms with van der Waals surface area (Å²) in [4.78, 5) is 15.4. The molecule has 0 spiro atoms. The number of amides is 1. The smallest absolute Gasteiger partial charge is 0.255 e. The van der Waals surface area contributed by atoms with Crippen LogP contribution in [0.2, 0.25) is 0 Å². The van der Waals surface area contributed by atoms with E-state index in [1.165, 1.54) is 10.4 Å². The van der Waals surface area contributed by atoms with Crippen LogP contribution in [0, 0.1) is 0 Å². The van der Waals surface area contributed by atoms with Crippen molar-refractivity contribution >= 4 is 21.6 Å². The number of morpholine rings is 1. The maximum atomic E-state index is 13.2. The third kappa shape index (κ3) is 6.00. The van der Waals surface area contributed by atoms with Crippen LogP contribution in [0.4, 0.5) is 5.69 Å². The van der Waals surface area contributed by atoms with Gasteiger partial charge < -0.3 is 10.1 Å². The number of ether oxygens (including phenoxy) is 1. The lowest BCUT2D eigenvalue weighted by molar-refractivity contribution is 0.0342. The minimum Gasteiger partial charge on any atom is -0.379 e. The van der Waals surface area contributed by atoms with Gasteiger partial charge in [0.05, 0.1) is 18.1 Å². The third-order valence-corrected chi connectivity index (χ3v) is 8.46. The zero-order valence-electron chi connectivity index (χ0n) is 19.2. The molecule has 0 atom stereocenters. The first kappa shape index (κ1) is 23.9. The van der Waals surface area contributed by atoms with E-state index < -0.39 is 10.0 Å². The molecule has 8 heteroatoms. The molecule has 7 nitrogen and oxygen atoms in total. The SMILES string of the molecule is CN(C1CCCCC1)S(=O)(=O)c1cccc(C(=O)Nc2cccc(CN3CCOCC3)c2)c1. The predicted molar refractivity (Wildman–Crippen MR) is 129 cm³/mol. The number of benzene rings is 2. The van der Waals surface area contributed by atoms with Crippen molar-refractivity contribution in [1.29, 1.82) is 0 Å². The van der Waals surface area contributed by atoms with Gasteiger partial charge in [0.15, 0.2) is 0 Å². The van der Waals surface area contributed by atoms with Gasteiger partial charge >= 0.3 is 0 Å². The Bertz CT molecular complexity index is 1060. The van der Waals surface area contributed by atoms with Gasteiger partial charge in [-0.05, 0) is 48.7 Å². The van der Waals surface area contributed by atoms with Crippen LogP contribution in [0.5, 0.6) is 0 Å². The van der Waals surface area contributed by atoms with Gasteiger partial charge in [-0.25, -0.2) is 8.42 Å². The number of carbonyl (C=O) groups is 1. The van der Waals surface area contributed by atoms with E-state index in [2.05, 4.69) is 10.2 Å². The van der Waals surface area contributed by atoms with E-state index in [9.17, 15) is 13.2 Å². The molecule has 1 amide bonds. The highest BCUT2D eigenvalue weighted by molar-refractivity contribution is 7.89. The number of nitrogens with one attached hydrogen (secondary N) is 1.